The number of phenols is 1. The molecule has 1 unspecified atom stereocenters. The van der Waals surface area contributed by atoms with Gasteiger partial charge in [0.15, 0.2) is 12.1 Å². The Labute approximate surface area is 130 Å². The average molecular weight is 314 g/mol. The van der Waals surface area contributed by atoms with Crippen LogP contribution in [0.4, 0.5) is 5.95 Å². The second-order valence-electron chi connectivity index (χ2n) is 5.01. The van der Waals surface area contributed by atoms with Gasteiger partial charge in [0.05, 0.1) is 11.0 Å². The van der Waals surface area contributed by atoms with Crippen LogP contribution in [0.3, 0.4) is 0 Å². The lowest BCUT2D eigenvalue weighted by atomic mass is 10.1. The number of guanidine groups is 1. The molecule has 1 aliphatic rings. The number of benzene rings is 2. The number of rotatable bonds is 1. The van der Waals surface area contributed by atoms with Crippen molar-refractivity contribution in [2.24, 2.45) is 10.7 Å². The van der Waals surface area contributed by atoms with Crippen LogP contribution in [0, 0.1) is 0 Å². The molecule has 2 aromatic carbocycles. The Morgan fingerprint density at radius 2 is 2.05 bits per heavy atom. The molecular formula is C15H12ClN5O. The van der Waals surface area contributed by atoms with Gasteiger partial charge >= 0.3 is 0 Å². The number of aromatic nitrogens is 2. The smallest absolute Gasteiger partial charge is 0.212 e. The molecule has 0 fully saturated rings. The molecular weight excluding hydrogens is 302 g/mol. The third-order valence-corrected chi connectivity index (χ3v) is 3.84. The number of aromatic hydroxyl groups is 1. The van der Waals surface area contributed by atoms with Crippen LogP contribution in [0.1, 0.15) is 11.7 Å². The number of aliphatic imine (C=N–C) groups is 1. The summed E-state index contributed by atoms with van der Waals surface area (Å²) in [5.41, 5.74) is 8.14. The molecule has 22 heavy (non-hydrogen) atoms. The van der Waals surface area contributed by atoms with Gasteiger partial charge in [-0.25, -0.2) is 9.98 Å². The molecule has 1 aromatic heterocycles. The summed E-state index contributed by atoms with van der Waals surface area (Å²) in [5, 5.41) is 13.7. The Balaban J connectivity index is 2.00. The van der Waals surface area contributed by atoms with Crippen LogP contribution < -0.4 is 11.1 Å². The molecule has 110 valence electrons. The van der Waals surface area contributed by atoms with E-state index in [-0.39, 0.29) is 11.7 Å². The van der Waals surface area contributed by atoms with E-state index in [1.54, 1.807) is 18.2 Å². The summed E-state index contributed by atoms with van der Waals surface area (Å²) in [6.07, 6.45) is -0.526. The standard InChI is InChI=1S/C15H12ClN5O/c16-8-5-6-12(22)9(7-8)13-19-14(17)20-15-18-10-3-1-2-4-11(10)21(13)15/h1-7,13,22H,(H3,17,18,19,20). The van der Waals surface area contributed by atoms with Crippen LogP contribution in [0.15, 0.2) is 47.5 Å². The van der Waals surface area contributed by atoms with Crippen molar-refractivity contribution in [3.63, 3.8) is 0 Å². The molecule has 1 atom stereocenters. The van der Waals surface area contributed by atoms with Gasteiger partial charge in [0.2, 0.25) is 5.95 Å². The molecule has 2 heterocycles. The molecule has 3 aromatic rings. The number of phenolic OH excluding ortho intramolecular Hbond substituents is 1. The number of nitrogens with one attached hydrogen (secondary N) is 1. The van der Waals surface area contributed by atoms with E-state index in [9.17, 15) is 5.11 Å². The van der Waals surface area contributed by atoms with E-state index < -0.39 is 6.17 Å². The Kier molecular flexibility index (Phi) is 2.74. The van der Waals surface area contributed by atoms with Gasteiger partial charge in [-0.3, -0.25) is 9.88 Å². The van der Waals surface area contributed by atoms with Crippen molar-refractivity contribution in [3.05, 3.63) is 53.1 Å². The van der Waals surface area contributed by atoms with E-state index in [1.807, 2.05) is 28.8 Å². The van der Waals surface area contributed by atoms with Crippen LogP contribution in [-0.4, -0.2) is 20.6 Å². The van der Waals surface area contributed by atoms with Crippen LogP contribution in [0.2, 0.25) is 5.02 Å². The molecule has 6 nitrogen and oxygen atoms in total. The van der Waals surface area contributed by atoms with Gasteiger partial charge in [-0.2, -0.15) is 0 Å². The predicted octanol–water partition coefficient (Wildman–Crippen LogP) is 2.68. The van der Waals surface area contributed by atoms with E-state index in [4.69, 9.17) is 17.3 Å². The summed E-state index contributed by atoms with van der Waals surface area (Å²) >= 11 is 6.06. The first kappa shape index (κ1) is 13.0. The van der Waals surface area contributed by atoms with Gasteiger partial charge in [-0.05, 0) is 30.3 Å². The van der Waals surface area contributed by atoms with E-state index >= 15 is 0 Å². The van der Waals surface area contributed by atoms with E-state index in [2.05, 4.69) is 15.3 Å². The summed E-state index contributed by atoms with van der Waals surface area (Å²) in [6.45, 7) is 0. The molecule has 1 aliphatic heterocycles. The highest BCUT2D eigenvalue weighted by atomic mass is 35.5. The summed E-state index contributed by atoms with van der Waals surface area (Å²) in [4.78, 5) is 8.91. The summed E-state index contributed by atoms with van der Waals surface area (Å²) in [7, 11) is 0. The van der Waals surface area contributed by atoms with Crippen molar-refractivity contribution in [2.45, 2.75) is 6.17 Å². The van der Waals surface area contributed by atoms with Crippen molar-refractivity contribution in [2.75, 3.05) is 5.32 Å². The molecule has 0 bridgehead atoms. The van der Waals surface area contributed by atoms with Gasteiger partial charge in [0, 0.05) is 10.6 Å². The maximum Gasteiger partial charge on any atom is 0.212 e. The predicted molar refractivity (Wildman–Crippen MR) is 86.2 cm³/mol. The lowest BCUT2D eigenvalue weighted by Crippen LogP contribution is -2.31. The third kappa shape index (κ3) is 1.88. The number of nitrogens with zero attached hydrogens (tertiary/aromatic N) is 3. The highest BCUT2D eigenvalue weighted by molar-refractivity contribution is 6.30. The highest BCUT2D eigenvalue weighted by Gasteiger charge is 2.27. The monoisotopic (exact) mass is 313 g/mol. The second kappa shape index (κ2) is 4.64. The van der Waals surface area contributed by atoms with Crippen molar-refractivity contribution in [1.82, 2.24) is 9.55 Å². The largest absolute Gasteiger partial charge is 0.508 e. The fourth-order valence-electron chi connectivity index (χ4n) is 2.66. The molecule has 0 aliphatic carbocycles. The Morgan fingerprint density at radius 1 is 1.23 bits per heavy atom. The van der Waals surface area contributed by atoms with E-state index in [0.717, 1.165) is 11.0 Å². The lowest BCUT2D eigenvalue weighted by molar-refractivity contribution is 0.456. The first-order valence-corrected chi connectivity index (χ1v) is 7.07. The molecule has 4 N–H and O–H groups in total. The SMILES string of the molecule is NC1=NC(c2cc(Cl)ccc2O)n2c(nc3ccccc32)N1. The Morgan fingerprint density at radius 3 is 2.91 bits per heavy atom. The number of anilines is 1. The number of fused-ring (bicyclic) bond motifs is 3. The Hall–Kier alpha value is -2.73. The molecule has 0 saturated heterocycles. The minimum absolute atomic E-state index is 0.108. The van der Waals surface area contributed by atoms with Crippen molar-refractivity contribution >= 4 is 34.5 Å². The Bertz CT molecular complexity index is 917. The van der Waals surface area contributed by atoms with Gasteiger partial charge in [0.1, 0.15) is 5.75 Å². The summed E-state index contributed by atoms with van der Waals surface area (Å²) in [5.74, 6) is 0.932. The number of nitrogens with two attached hydrogens (primary N) is 1. The van der Waals surface area contributed by atoms with Crippen molar-refractivity contribution < 1.29 is 5.11 Å². The zero-order chi connectivity index (χ0) is 15.3. The molecule has 7 heteroatoms. The first-order chi connectivity index (χ1) is 10.6. The zero-order valence-corrected chi connectivity index (χ0v) is 12.1. The van der Waals surface area contributed by atoms with Crippen LogP contribution in [-0.2, 0) is 0 Å². The molecule has 0 radical (unpaired) electrons. The summed E-state index contributed by atoms with van der Waals surface area (Å²) in [6, 6.07) is 12.5. The van der Waals surface area contributed by atoms with E-state index in [1.165, 1.54) is 0 Å². The van der Waals surface area contributed by atoms with Gasteiger partial charge in [0.25, 0.3) is 0 Å². The normalized spacial score (nSPS) is 17.0. The zero-order valence-electron chi connectivity index (χ0n) is 11.4. The van der Waals surface area contributed by atoms with Gasteiger partial charge < -0.3 is 10.8 Å². The highest BCUT2D eigenvalue weighted by Crippen LogP contribution is 2.36. The maximum atomic E-state index is 10.2. The van der Waals surface area contributed by atoms with Crippen molar-refractivity contribution in [3.8, 4) is 5.75 Å². The second-order valence-corrected chi connectivity index (χ2v) is 5.45. The first-order valence-electron chi connectivity index (χ1n) is 6.69. The minimum Gasteiger partial charge on any atom is -0.508 e. The fourth-order valence-corrected chi connectivity index (χ4v) is 2.84. The third-order valence-electron chi connectivity index (χ3n) is 3.61. The lowest BCUT2D eigenvalue weighted by Gasteiger charge is -2.24. The van der Waals surface area contributed by atoms with Gasteiger partial charge in [-0.1, -0.05) is 23.7 Å². The average Bonchev–Trinajstić information content (AvgIpc) is 2.87. The maximum absolute atomic E-state index is 10.2. The van der Waals surface area contributed by atoms with Crippen LogP contribution >= 0.6 is 11.6 Å². The number of hydrogen-bond acceptors (Lipinski definition) is 5. The number of imidazole rings is 1. The number of halogens is 1. The van der Waals surface area contributed by atoms with Crippen LogP contribution in [0.5, 0.6) is 5.75 Å². The molecule has 4 rings (SSSR count). The summed E-state index contributed by atoms with van der Waals surface area (Å²) < 4.78 is 1.89. The van der Waals surface area contributed by atoms with Crippen LogP contribution in [0.25, 0.3) is 11.0 Å². The number of hydrogen-bond donors (Lipinski definition) is 3. The van der Waals surface area contributed by atoms with Gasteiger partial charge in [-0.15, -0.1) is 0 Å². The minimum atomic E-state index is -0.526. The fraction of sp³-hybridized carbons (Fsp3) is 0.0667. The number of para-hydroxylation sites is 2. The molecule has 0 saturated carbocycles. The molecule has 0 spiro atoms. The van der Waals surface area contributed by atoms with E-state index in [0.29, 0.717) is 16.5 Å². The van der Waals surface area contributed by atoms with Crippen molar-refractivity contribution in [1.29, 1.82) is 0 Å². The quantitative estimate of drug-likeness (QED) is 0.644. The molecule has 0 amide bonds. The topological polar surface area (TPSA) is 88.5 Å².